The van der Waals surface area contributed by atoms with Gasteiger partial charge in [-0.25, -0.2) is 8.42 Å². The zero-order chi connectivity index (χ0) is 22.1. The molecule has 0 radical (unpaired) electrons. The van der Waals surface area contributed by atoms with Crippen molar-refractivity contribution in [2.75, 3.05) is 33.8 Å². The molecule has 2 fully saturated rings. The number of rotatable bonds is 8. The van der Waals surface area contributed by atoms with Gasteiger partial charge in [0.2, 0.25) is 10.0 Å². The summed E-state index contributed by atoms with van der Waals surface area (Å²) >= 11 is 0. The van der Waals surface area contributed by atoms with E-state index in [9.17, 15) is 13.2 Å². The van der Waals surface area contributed by atoms with Gasteiger partial charge in [0.1, 0.15) is 10.6 Å². The number of hydrogen-bond acceptors (Lipinski definition) is 5. The second kappa shape index (κ2) is 9.24. The van der Waals surface area contributed by atoms with Crippen LogP contribution in [-0.4, -0.2) is 69.4 Å². The Morgan fingerprint density at radius 2 is 1.90 bits per heavy atom. The standard InChI is InChI=1S/C22H35N3O4S/c1-15-10-16(2)14-25(13-15)30(27,28)21-11-18(6-9-20(21)29-5)22(26)23-12-17(3)24(4)19-7-8-19/h6,9,11,15-17,19H,7-8,10,12-14H2,1-5H3,(H,23,26). The van der Waals surface area contributed by atoms with Crippen molar-refractivity contribution in [1.29, 1.82) is 0 Å². The summed E-state index contributed by atoms with van der Waals surface area (Å²) in [5, 5.41) is 2.94. The number of amides is 1. The van der Waals surface area contributed by atoms with E-state index in [2.05, 4.69) is 38.0 Å². The molecule has 30 heavy (non-hydrogen) atoms. The van der Waals surface area contributed by atoms with Crippen LogP contribution in [0, 0.1) is 11.8 Å². The summed E-state index contributed by atoms with van der Waals surface area (Å²) in [4.78, 5) is 15.1. The predicted molar refractivity (Wildman–Crippen MR) is 117 cm³/mol. The molecule has 2 aliphatic rings. The Labute approximate surface area is 180 Å². The maximum atomic E-state index is 13.4. The van der Waals surface area contributed by atoms with Gasteiger partial charge in [-0.05, 0) is 63.3 Å². The first-order valence-electron chi connectivity index (χ1n) is 10.8. The van der Waals surface area contributed by atoms with E-state index < -0.39 is 10.0 Å². The number of carbonyl (C=O) groups excluding carboxylic acids is 1. The fraction of sp³-hybridized carbons (Fsp3) is 0.682. The van der Waals surface area contributed by atoms with Gasteiger partial charge in [-0.2, -0.15) is 4.31 Å². The monoisotopic (exact) mass is 437 g/mol. The molecule has 1 saturated heterocycles. The second-order valence-electron chi connectivity index (χ2n) is 9.09. The third-order valence-electron chi connectivity index (χ3n) is 6.26. The minimum Gasteiger partial charge on any atom is -0.495 e. The molecule has 7 nitrogen and oxygen atoms in total. The molecular weight excluding hydrogens is 402 g/mol. The molecule has 3 rings (SSSR count). The third kappa shape index (κ3) is 5.15. The summed E-state index contributed by atoms with van der Waals surface area (Å²) in [6, 6.07) is 5.47. The highest BCUT2D eigenvalue weighted by molar-refractivity contribution is 7.89. The Morgan fingerprint density at radius 3 is 2.47 bits per heavy atom. The van der Waals surface area contributed by atoms with Crippen LogP contribution in [0.3, 0.4) is 0 Å². The van der Waals surface area contributed by atoms with Gasteiger partial charge in [-0.1, -0.05) is 13.8 Å². The van der Waals surface area contributed by atoms with E-state index in [-0.39, 0.29) is 22.6 Å². The lowest BCUT2D eigenvalue weighted by molar-refractivity contribution is 0.0939. The summed E-state index contributed by atoms with van der Waals surface area (Å²) in [7, 11) is -0.228. The first-order valence-corrected chi connectivity index (χ1v) is 12.3. The van der Waals surface area contributed by atoms with Crippen molar-refractivity contribution in [1.82, 2.24) is 14.5 Å². The highest BCUT2D eigenvalue weighted by Gasteiger charge is 2.34. The number of benzene rings is 1. The van der Waals surface area contributed by atoms with Crippen LogP contribution in [0.1, 0.15) is 50.4 Å². The van der Waals surface area contributed by atoms with Crippen LogP contribution in [-0.2, 0) is 10.0 Å². The number of hydrogen-bond donors (Lipinski definition) is 1. The molecular formula is C22H35N3O4S. The molecule has 1 aliphatic heterocycles. The number of methoxy groups -OCH3 is 1. The molecule has 1 aromatic rings. The number of sulfonamides is 1. The maximum Gasteiger partial charge on any atom is 0.251 e. The molecule has 0 aromatic heterocycles. The Hall–Kier alpha value is -1.64. The zero-order valence-corrected chi connectivity index (χ0v) is 19.5. The largest absolute Gasteiger partial charge is 0.495 e. The lowest BCUT2D eigenvalue weighted by Crippen LogP contribution is -2.42. The van der Waals surface area contributed by atoms with Gasteiger partial charge in [0, 0.05) is 37.3 Å². The number of likely N-dealkylation sites (N-methyl/N-ethyl adjacent to an activating group) is 1. The molecule has 1 aliphatic carbocycles. The van der Waals surface area contributed by atoms with E-state index in [0.29, 0.717) is 43.1 Å². The summed E-state index contributed by atoms with van der Waals surface area (Å²) in [5.41, 5.74) is 0.328. The molecule has 0 bridgehead atoms. The van der Waals surface area contributed by atoms with Gasteiger partial charge in [0.25, 0.3) is 5.91 Å². The first-order chi connectivity index (χ1) is 14.1. The number of piperidine rings is 1. The van der Waals surface area contributed by atoms with E-state index in [4.69, 9.17) is 4.74 Å². The average Bonchev–Trinajstić information content (AvgIpc) is 3.55. The van der Waals surface area contributed by atoms with Crippen molar-refractivity contribution in [2.24, 2.45) is 11.8 Å². The fourth-order valence-corrected chi connectivity index (χ4v) is 6.15. The van der Waals surface area contributed by atoms with E-state index >= 15 is 0 Å². The van der Waals surface area contributed by atoms with E-state index in [1.54, 1.807) is 12.1 Å². The van der Waals surface area contributed by atoms with Crippen molar-refractivity contribution in [3.63, 3.8) is 0 Å². The summed E-state index contributed by atoms with van der Waals surface area (Å²) in [5.74, 6) is 0.585. The summed E-state index contributed by atoms with van der Waals surface area (Å²) < 4.78 is 33.6. The Bertz CT molecular complexity index is 859. The van der Waals surface area contributed by atoms with Crippen molar-refractivity contribution >= 4 is 15.9 Å². The van der Waals surface area contributed by atoms with Crippen LogP contribution in [0.25, 0.3) is 0 Å². The molecule has 3 atom stereocenters. The predicted octanol–water partition coefficient (Wildman–Crippen LogP) is 2.57. The lowest BCUT2D eigenvalue weighted by atomic mass is 9.94. The summed E-state index contributed by atoms with van der Waals surface area (Å²) in [6.07, 6.45) is 3.43. The van der Waals surface area contributed by atoms with Crippen LogP contribution < -0.4 is 10.1 Å². The number of ether oxygens (including phenoxy) is 1. The van der Waals surface area contributed by atoms with Crippen molar-refractivity contribution in [2.45, 2.75) is 57.0 Å². The van der Waals surface area contributed by atoms with Gasteiger partial charge in [0.15, 0.2) is 0 Å². The number of nitrogens with zero attached hydrogens (tertiary/aromatic N) is 2. The van der Waals surface area contributed by atoms with E-state index in [1.807, 2.05) is 0 Å². The quantitative estimate of drug-likeness (QED) is 0.676. The first kappa shape index (κ1) is 23.0. The van der Waals surface area contributed by atoms with E-state index in [1.165, 1.54) is 30.3 Å². The molecule has 0 spiro atoms. The number of carbonyl (C=O) groups is 1. The molecule has 1 N–H and O–H groups in total. The molecule has 1 heterocycles. The van der Waals surface area contributed by atoms with Crippen molar-refractivity contribution < 1.29 is 17.9 Å². The van der Waals surface area contributed by atoms with Gasteiger partial charge >= 0.3 is 0 Å². The molecule has 1 saturated carbocycles. The van der Waals surface area contributed by atoms with Crippen molar-refractivity contribution in [3.8, 4) is 5.75 Å². The van der Waals surface area contributed by atoms with Crippen molar-refractivity contribution in [3.05, 3.63) is 23.8 Å². The third-order valence-corrected chi connectivity index (χ3v) is 8.11. The minimum atomic E-state index is -3.75. The molecule has 1 aromatic carbocycles. The summed E-state index contributed by atoms with van der Waals surface area (Å²) in [6.45, 7) is 7.70. The highest BCUT2D eigenvalue weighted by Crippen LogP contribution is 2.32. The SMILES string of the molecule is COc1ccc(C(=O)NCC(C)N(C)C2CC2)cc1S(=O)(=O)N1CC(C)CC(C)C1. The molecule has 8 heteroatoms. The van der Waals surface area contributed by atoms with Crippen LogP contribution in [0.15, 0.2) is 23.1 Å². The highest BCUT2D eigenvalue weighted by atomic mass is 32.2. The zero-order valence-electron chi connectivity index (χ0n) is 18.7. The second-order valence-corrected chi connectivity index (χ2v) is 11.0. The smallest absolute Gasteiger partial charge is 0.251 e. The Kier molecular flexibility index (Phi) is 7.09. The fourth-order valence-electron chi connectivity index (χ4n) is 4.29. The van der Waals surface area contributed by atoms with Gasteiger partial charge in [-0.15, -0.1) is 0 Å². The van der Waals surface area contributed by atoms with Gasteiger partial charge < -0.3 is 10.1 Å². The van der Waals surface area contributed by atoms with Crippen LogP contribution in [0.2, 0.25) is 0 Å². The van der Waals surface area contributed by atoms with Gasteiger partial charge in [-0.3, -0.25) is 9.69 Å². The number of nitrogens with one attached hydrogen (secondary N) is 1. The average molecular weight is 438 g/mol. The lowest BCUT2D eigenvalue weighted by Gasteiger charge is -2.34. The topological polar surface area (TPSA) is 79.0 Å². The normalized spacial score (nSPS) is 23.9. The molecule has 3 unspecified atom stereocenters. The van der Waals surface area contributed by atoms with Crippen LogP contribution >= 0.6 is 0 Å². The minimum absolute atomic E-state index is 0.0575. The maximum absolute atomic E-state index is 13.4. The Morgan fingerprint density at radius 1 is 1.27 bits per heavy atom. The Balaban J connectivity index is 1.78. The molecule has 1 amide bonds. The molecule has 168 valence electrons. The van der Waals surface area contributed by atoms with E-state index in [0.717, 1.165) is 6.42 Å². The van der Waals surface area contributed by atoms with Crippen LogP contribution in [0.5, 0.6) is 5.75 Å². The van der Waals surface area contributed by atoms with Gasteiger partial charge in [0.05, 0.1) is 7.11 Å². The van der Waals surface area contributed by atoms with Crippen LogP contribution in [0.4, 0.5) is 0 Å².